The van der Waals surface area contributed by atoms with Crippen molar-refractivity contribution < 1.29 is 9.59 Å². The summed E-state index contributed by atoms with van der Waals surface area (Å²) in [5, 5.41) is 4.51. The molecule has 1 aromatic carbocycles. The molecule has 1 saturated heterocycles. The number of thiazole rings is 1. The number of amides is 1. The van der Waals surface area contributed by atoms with Crippen molar-refractivity contribution in [3.63, 3.8) is 0 Å². The van der Waals surface area contributed by atoms with E-state index in [1.54, 1.807) is 0 Å². The average Bonchev–Trinajstić information content (AvgIpc) is 3.09. The predicted molar refractivity (Wildman–Crippen MR) is 104 cm³/mol. The van der Waals surface area contributed by atoms with Gasteiger partial charge in [-0.05, 0) is 50.7 Å². The van der Waals surface area contributed by atoms with Crippen LogP contribution in [0.2, 0.25) is 5.02 Å². The molecular formula is C20H21ClN2O2S. The van der Waals surface area contributed by atoms with Gasteiger partial charge in [-0.15, -0.1) is 11.3 Å². The van der Waals surface area contributed by atoms with Crippen LogP contribution in [0.4, 0.5) is 0 Å². The van der Waals surface area contributed by atoms with Crippen LogP contribution in [-0.2, 0) is 9.59 Å². The van der Waals surface area contributed by atoms with E-state index in [1.807, 2.05) is 31.2 Å². The van der Waals surface area contributed by atoms with Gasteiger partial charge in [0.25, 0.3) is 0 Å². The number of nitrogens with zero attached hydrogens (tertiary/aromatic N) is 1. The molecule has 4 nitrogen and oxygen atoms in total. The lowest BCUT2D eigenvalue weighted by atomic mass is 9.74. The summed E-state index contributed by atoms with van der Waals surface area (Å²) < 4.78 is 0. The van der Waals surface area contributed by atoms with E-state index in [9.17, 15) is 9.59 Å². The van der Waals surface area contributed by atoms with Crippen molar-refractivity contribution in [1.82, 2.24) is 10.3 Å². The molecule has 1 unspecified atom stereocenters. The quantitative estimate of drug-likeness (QED) is 0.770. The molecule has 0 bridgehead atoms. The average molecular weight is 389 g/mol. The fourth-order valence-electron chi connectivity index (χ4n) is 4.03. The normalized spacial score (nSPS) is 28.6. The molecule has 4 rings (SSSR count). The molecular weight excluding hydrogens is 368 g/mol. The lowest BCUT2D eigenvalue weighted by Gasteiger charge is -2.34. The molecule has 2 aliphatic rings. The summed E-state index contributed by atoms with van der Waals surface area (Å²) in [5.74, 6) is -0.353. The number of halogens is 1. The number of benzene rings is 1. The summed E-state index contributed by atoms with van der Waals surface area (Å²) >= 11 is 7.47. The van der Waals surface area contributed by atoms with Gasteiger partial charge >= 0.3 is 0 Å². The Morgan fingerprint density at radius 2 is 1.85 bits per heavy atom. The van der Waals surface area contributed by atoms with Gasteiger partial charge in [0.05, 0.1) is 11.2 Å². The van der Waals surface area contributed by atoms with E-state index >= 15 is 0 Å². The summed E-state index contributed by atoms with van der Waals surface area (Å²) in [6, 6.07) is 7.45. The maximum absolute atomic E-state index is 13.2. The highest BCUT2D eigenvalue weighted by Gasteiger charge is 2.54. The number of rotatable bonds is 2. The fourth-order valence-corrected chi connectivity index (χ4v) is 5.11. The van der Waals surface area contributed by atoms with Crippen molar-refractivity contribution in [1.29, 1.82) is 0 Å². The van der Waals surface area contributed by atoms with Gasteiger partial charge in [-0.25, -0.2) is 4.98 Å². The molecule has 2 aromatic rings. The summed E-state index contributed by atoms with van der Waals surface area (Å²) in [7, 11) is 0. The van der Waals surface area contributed by atoms with Gasteiger partial charge in [0.2, 0.25) is 5.91 Å². The van der Waals surface area contributed by atoms with E-state index in [4.69, 9.17) is 11.6 Å². The molecule has 26 heavy (non-hydrogen) atoms. The van der Waals surface area contributed by atoms with Crippen LogP contribution in [0.1, 0.15) is 49.1 Å². The highest BCUT2D eigenvalue weighted by Crippen LogP contribution is 2.42. The molecule has 1 saturated carbocycles. The number of hydrogen-bond donors (Lipinski definition) is 1. The standard InChI is InChI=1S/C20H21ClN2O2S/c1-11-7-9-20(10-8-11)17(24)15(18(25)23-20)16-12(2)26-19(22-16)13-3-5-14(21)6-4-13/h3-6,11,15H,7-10H2,1-2H3,(H,23,25). The molecule has 1 aliphatic carbocycles. The topological polar surface area (TPSA) is 59.1 Å². The minimum atomic E-state index is -0.777. The van der Waals surface area contributed by atoms with Crippen LogP contribution in [0, 0.1) is 12.8 Å². The Morgan fingerprint density at radius 1 is 1.19 bits per heavy atom. The molecule has 2 heterocycles. The number of ketones is 1. The SMILES string of the molecule is Cc1sc(-c2ccc(Cl)cc2)nc1C1C(=O)NC2(CCC(C)CC2)C1=O. The van der Waals surface area contributed by atoms with E-state index in [0.29, 0.717) is 16.6 Å². The van der Waals surface area contributed by atoms with Crippen LogP contribution in [0.15, 0.2) is 24.3 Å². The van der Waals surface area contributed by atoms with Crippen molar-refractivity contribution in [3.05, 3.63) is 39.9 Å². The molecule has 1 aromatic heterocycles. The van der Waals surface area contributed by atoms with Crippen molar-refractivity contribution in [2.75, 3.05) is 0 Å². The van der Waals surface area contributed by atoms with Crippen LogP contribution in [0.5, 0.6) is 0 Å². The molecule has 1 atom stereocenters. The van der Waals surface area contributed by atoms with Crippen LogP contribution in [0.3, 0.4) is 0 Å². The van der Waals surface area contributed by atoms with E-state index in [1.165, 1.54) is 11.3 Å². The van der Waals surface area contributed by atoms with Gasteiger partial charge in [0.15, 0.2) is 5.78 Å². The van der Waals surface area contributed by atoms with Crippen molar-refractivity contribution in [2.24, 2.45) is 5.92 Å². The molecule has 1 N–H and O–H groups in total. The summed E-state index contributed by atoms with van der Waals surface area (Å²) in [5.41, 5.74) is 0.879. The Balaban J connectivity index is 1.66. The zero-order valence-electron chi connectivity index (χ0n) is 14.8. The monoisotopic (exact) mass is 388 g/mol. The fraction of sp³-hybridized carbons (Fsp3) is 0.450. The number of Topliss-reactive ketones (excluding diaryl/α,β-unsaturated/α-hetero) is 1. The largest absolute Gasteiger partial charge is 0.343 e. The second kappa shape index (κ2) is 6.46. The number of aromatic nitrogens is 1. The number of carbonyl (C=O) groups excluding carboxylic acids is 2. The Labute approximate surface area is 162 Å². The lowest BCUT2D eigenvalue weighted by molar-refractivity contribution is -0.126. The second-order valence-electron chi connectivity index (χ2n) is 7.52. The lowest BCUT2D eigenvalue weighted by Crippen LogP contribution is -2.49. The third-order valence-electron chi connectivity index (χ3n) is 5.68. The zero-order chi connectivity index (χ0) is 18.5. The minimum absolute atomic E-state index is 0.00505. The third kappa shape index (κ3) is 2.87. The van der Waals surface area contributed by atoms with E-state index in [2.05, 4.69) is 17.2 Å². The van der Waals surface area contributed by atoms with Gasteiger partial charge in [0.1, 0.15) is 10.9 Å². The number of carbonyl (C=O) groups is 2. The van der Waals surface area contributed by atoms with Crippen molar-refractivity contribution in [3.8, 4) is 10.6 Å². The third-order valence-corrected chi connectivity index (χ3v) is 6.97. The van der Waals surface area contributed by atoms with Crippen LogP contribution >= 0.6 is 22.9 Å². The summed E-state index contributed by atoms with van der Waals surface area (Å²) in [6.45, 7) is 4.13. The molecule has 6 heteroatoms. The van der Waals surface area contributed by atoms with E-state index in [-0.39, 0.29) is 11.7 Å². The Hall–Kier alpha value is -1.72. The number of aryl methyl sites for hydroxylation is 1. The Kier molecular flexibility index (Phi) is 4.40. The summed E-state index contributed by atoms with van der Waals surface area (Å²) in [6.07, 6.45) is 3.43. The van der Waals surface area contributed by atoms with E-state index < -0.39 is 11.5 Å². The molecule has 1 aliphatic heterocycles. The van der Waals surface area contributed by atoms with Gasteiger partial charge in [-0.3, -0.25) is 9.59 Å². The predicted octanol–water partition coefficient (Wildman–Crippen LogP) is 4.50. The Morgan fingerprint density at radius 3 is 2.50 bits per heavy atom. The number of nitrogens with one attached hydrogen (secondary N) is 1. The van der Waals surface area contributed by atoms with E-state index in [0.717, 1.165) is 41.1 Å². The minimum Gasteiger partial charge on any atom is -0.343 e. The highest BCUT2D eigenvalue weighted by atomic mass is 35.5. The first-order valence-electron chi connectivity index (χ1n) is 8.99. The molecule has 1 spiro atoms. The Bertz CT molecular complexity index is 866. The van der Waals surface area contributed by atoms with Gasteiger partial charge in [-0.1, -0.05) is 30.7 Å². The van der Waals surface area contributed by atoms with Crippen LogP contribution < -0.4 is 5.32 Å². The molecule has 0 radical (unpaired) electrons. The van der Waals surface area contributed by atoms with Gasteiger partial charge < -0.3 is 5.32 Å². The van der Waals surface area contributed by atoms with Crippen LogP contribution in [-0.4, -0.2) is 22.2 Å². The molecule has 2 fully saturated rings. The van der Waals surface area contributed by atoms with Gasteiger partial charge in [-0.2, -0.15) is 0 Å². The first-order valence-corrected chi connectivity index (χ1v) is 10.2. The zero-order valence-corrected chi connectivity index (χ0v) is 16.4. The first-order chi connectivity index (χ1) is 12.4. The van der Waals surface area contributed by atoms with Crippen LogP contribution in [0.25, 0.3) is 10.6 Å². The summed E-state index contributed by atoms with van der Waals surface area (Å²) in [4.78, 5) is 31.5. The first kappa shape index (κ1) is 17.7. The van der Waals surface area contributed by atoms with Crippen molar-refractivity contribution in [2.45, 2.75) is 51.0 Å². The maximum Gasteiger partial charge on any atom is 0.237 e. The molecule has 1 amide bonds. The maximum atomic E-state index is 13.2. The van der Waals surface area contributed by atoms with Gasteiger partial charge in [0, 0.05) is 15.5 Å². The second-order valence-corrected chi connectivity index (χ2v) is 9.16. The highest BCUT2D eigenvalue weighted by molar-refractivity contribution is 7.15. The van der Waals surface area contributed by atoms with Crippen molar-refractivity contribution >= 4 is 34.6 Å². The smallest absolute Gasteiger partial charge is 0.237 e. The number of hydrogen-bond acceptors (Lipinski definition) is 4. The molecule has 136 valence electrons.